The highest BCUT2D eigenvalue weighted by Crippen LogP contribution is 2.24. The van der Waals surface area contributed by atoms with Crippen molar-refractivity contribution in [2.24, 2.45) is 5.92 Å². The van der Waals surface area contributed by atoms with Crippen molar-refractivity contribution in [2.75, 3.05) is 13.1 Å². The molecule has 130 valence electrons. The van der Waals surface area contributed by atoms with Crippen LogP contribution < -0.4 is 4.74 Å². The van der Waals surface area contributed by atoms with E-state index in [0.717, 1.165) is 19.3 Å². The minimum atomic E-state index is -0.830. The van der Waals surface area contributed by atoms with Crippen LogP contribution in [-0.4, -0.2) is 46.1 Å². The van der Waals surface area contributed by atoms with E-state index in [2.05, 4.69) is 4.98 Å². The molecule has 6 heteroatoms. The number of rotatable bonds is 4. The standard InChI is InChI=1S/C18H24N2O4/c21-17(20-10-4-5-14(12-20)18(22)23)13-8-9-19-16(11-13)24-15-6-2-1-3-7-15/h8-9,11,14-15H,1-7,10,12H2,(H,22,23)/t14-/m0/s1. The van der Waals surface area contributed by atoms with E-state index in [-0.39, 0.29) is 18.6 Å². The van der Waals surface area contributed by atoms with E-state index in [1.807, 2.05) is 0 Å². The maximum absolute atomic E-state index is 12.7. The maximum Gasteiger partial charge on any atom is 0.308 e. The van der Waals surface area contributed by atoms with Crippen LogP contribution >= 0.6 is 0 Å². The van der Waals surface area contributed by atoms with Gasteiger partial charge in [0.25, 0.3) is 5.91 Å². The molecule has 1 aliphatic heterocycles. The lowest BCUT2D eigenvalue weighted by Crippen LogP contribution is -2.42. The van der Waals surface area contributed by atoms with Crippen LogP contribution in [-0.2, 0) is 4.79 Å². The summed E-state index contributed by atoms with van der Waals surface area (Å²) in [6, 6.07) is 3.35. The van der Waals surface area contributed by atoms with E-state index < -0.39 is 11.9 Å². The quantitative estimate of drug-likeness (QED) is 0.917. The van der Waals surface area contributed by atoms with E-state index in [1.54, 1.807) is 23.2 Å². The Morgan fingerprint density at radius 3 is 2.71 bits per heavy atom. The van der Waals surface area contributed by atoms with Gasteiger partial charge in [0.05, 0.1) is 5.92 Å². The molecule has 2 fully saturated rings. The van der Waals surface area contributed by atoms with Crippen molar-refractivity contribution < 1.29 is 19.4 Å². The molecule has 1 atom stereocenters. The van der Waals surface area contributed by atoms with Crippen LogP contribution in [0.25, 0.3) is 0 Å². The van der Waals surface area contributed by atoms with Crippen molar-refractivity contribution in [3.8, 4) is 5.88 Å². The number of carboxylic acids is 1. The highest BCUT2D eigenvalue weighted by molar-refractivity contribution is 5.94. The van der Waals surface area contributed by atoms with E-state index in [4.69, 9.17) is 9.84 Å². The fraction of sp³-hybridized carbons (Fsp3) is 0.611. The first-order chi connectivity index (χ1) is 11.6. The van der Waals surface area contributed by atoms with Gasteiger partial charge in [0.2, 0.25) is 5.88 Å². The van der Waals surface area contributed by atoms with E-state index in [1.165, 1.54) is 19.3 Å². The number of piperidine rings is 1. The number of nitrogens with zero attached hydrogens (tertiary/aromatic N) is 2. The molecule has 0 radical (unpaired) electrons. The molecule has 1 aliphatic carbocycles. The molecule has 24 heavy (non-hydrogen) atoms. The van der Waals surface area contributed by atoms with Gasteiger partial charge in [0.1, 0.15) is 6.10 Å². The second-order valence-corrected chi connectivity index (χ2v) is 6.69. The van der Waals surface area contributed by atoms with E-state index in [9.17, 15) is 9.59 Å². The summed E-state index contributed by atoms with van der Waals surface area (Å²) in [5, 5.41) is 9.17. The Labute approximate surface area is 141 Å². The van der Waals surface area contributed by atoms with Crippen LogP contribution in [0.2, 0.25) is 0 Å². The second kappa shape index (κ2) is 7.64. The molecular formula is C18H24N2O4. The zero-order valence-corrected chi connectivity index (χ0v) is 13.8. The average molecular weight is 332 g/mol. The third-order valence-electron chi connectivity index (χ3n) is 4.88. The van der Waals surface area contributed by atoms with Gasteiger partial charge in [-0.1, -0.05) is 6.42 Å². The summed E-state index contributed by atoms with van der Waals surface area (Å²) in [5.41, 5.74) is 0.516. The smallest absolute Gasteiger partial charge is 0.308 e. The zero-order chi connectivity index (χ0) is 16.9. The summed E-state index contributed by atoms with van der Waals surface area (Å²) < 4.78 is 5.92. The first kappa shape index (κ1) is 16.7. The number of hydrogen-bond acceptors (Lipinski definition) is 4. The highest BCUT2D eigenvalue weighted by atomic mass is 16.5. The van der Waals surface area contributed by atoms with Crippen molar-refractivity contribution in [3.05, 3.63) is 23.9 Å². The number of likely N-dealkylation sites (tertiary alicyclic amines) is 1. The molecule has 6 nitrogen and oxygen atoms in total. The van der Waals surface area contributed by atoms with Gasteiger partial charge in [0, 0.05) is 30.9 Å². The highest BCUT2D eigenvalue weighted by Gasteiger charge is 2.29. The largest absolute Gasteiger partial charge is 0.481 e. The van der Waals surface area contributed by atoms with Crippen LogP contribution in [0.4, 0.5) is 0 Å². The van der Waals surface area contributed by atoms with Crippen molar-refractivity contribution in [1.29, 1.82) is 0 Å². The normalized spacial score (nSPS) is 22.2. The molecule has 0 unspecified atom stereocenters. The molecule has 1 amide bonds. The van der Waals surface area contributed by atoms with Crippen LogP contribution in [0, 0.1) is 5.92 Å². The van der Waals surface area contributed by atoms with Gasteiger partial charge in [-0.2, -0.15) is 0 Å². The Balaban J connectivity index is 1.66. The molecule has 0 spiro atoms. The van der Waals surface area contributed by atoms with Gasteiger partial charge in [-0.15, -0.1) is 0 Å². The van der Waals surface area contributed by atoms with Crippen molar-refractivity contribution in [1.82, 2.24) is 9.88 Å². The fourth-order valence-electron chi connectivity index (χ4n) is 3.51. The van der Waals surface area contributed by atoms with Gasteiger partial charge in [0.15, 0.2) is 0 Å². The number of aliphatic carboxylic acids is 1. The van der Waals surface area contributed by atoms with Crippen molar-refractivity contribution in [3.63, 3.8) is 0 Å². The molecule has 1 saturated heterocycles. The molecule has 2 aliphatic rings. The molecule has 0 bridgehead atoms. The third-order valence-corrected chi connectivity index (χ3v) is 4.88. The second-order valence-electron chi connectivity index (χ2n) is 6.69. The molecule has 1 aromatic heterocycles. The summed E-state index contributed by atoms with van der Waals surface area (Å²) >= 11 is 0. The SMILES string of the molecule is O=C(O)[C@H]1CCCN(C(=O)c2ccnc(OC3CCCCC3)c2)C1. The Bertz CT molecular complexity index is 598. The number of carbonyl (C=O) groups is 2. The Kier molecular flexibility index (Phi) is 5.33. The number of ether oxygens (including phenoxy) is 1. The van der Waals surface area contributed by atoms with Crippen LogP contribution in [0.3, 0.4) is 0 Å². The molecular weight excluding hydrogens is 308 g/mol. The van der Waals surface area contributed by atoms with Gasteiger partial charge in [-0.3, -0.25) is 9.59 Å². The number of pyridine rings is 1. The van der Waals surface area contributed by atoms with Gasteiger partial charge in [-0.25, -0.2) is 4.98 Å². The fourth-order valence-corrected chi connectivity index (χ4v) is 3.51. The number of aromatic nitrogens is 1. The van der Waals surface area contributed by atoms with Crippen LogP contribution in [0.1, 0.15) is 55.3 Å². The molecule has 1 aromatic rings. The van der Waals surface area contributed by atoms with Crippen molar-refractivity contribution >= 4 is 11.9 Å². The lowest BCUT2D eigenvalue weighted by molar-refractivity contribution is -0.143. The molecule has 1 saturated carbocycles. The Hall–Kier alpha value is -2.11. The Morgan fingerprint density at radius 1 is 1.17 bits per heavy atom. The van der Waals surface area contributed by atoms with E-state index >= 15 is 0 Å². The van der Waals surface area contributed by atoms with Gasteiger partial charge >= 0.3 is 5.97 Å². The third kappa shape index (κ3) is 4.04. The lowest BCUT2D eigenvalue weighted by Gasteiger charge is -2.30. The minimum Gasteiger partial charge on any atom is -0.481 e. The monoisotopic (exact) mass is 332 g/mol. The topological polar surface area (TPSA) is 79.7 Å². The van der Waals surface area contributed by atoms with Crippen LogP contribution in [0.15, 0.2) is 18.3 Å². The molecule has 1 N–H and O–H groups in total. The summed E-state index contributed by atoms with van der Waals surface area (Å²) in [5.74, 6) is -0.956. The summed E-state index contributed by atoms with van der Waals surface area (Å²) in [4.78, 5) is 29.7. The first-order valence-corrected chi connectivity index (χ1v) is 8.78. The first-order valence-electron chi connectivity index (χ1n) is 8.78. The summed E-state index contributed by atoms with van der Waals surface area (Å²) in [6.45, 7) is 0.874. The number of amides is 1. The summed E-state index contributed by atoms with van der Waals surface area (Å²) in [6.07, 6.45) is 8.79. The summed E-state index contributed by atoms with van der Waals surface area (Å²) in [7, 11) is 0. The van der Waals surface area contributed by atoms with Crippen LogP contribution in [0.5, 0.6) is 5.88 Å². The molecule has 2 heterocycles. The molecule has 0 aromatic carbocycles. The lowest BCUT2D eigenvalue weighted by atomic mass is 9.97. The minimum absolute atomic E-state index is 0.142. The van der Waals surface area contributed by atoms with E-state index in [0.29, 0.717) is 24.4 Å². The number of carbonyl (C=O) groups excluding carboxylic acids is 1. The van der Waals surface area contributed by atoms with Crippen molar-refractivity contribution in [2.45, 2.75) is 51.0 Å². The maximum atomic E-state index is 12.7. The molecule has 3 rings (SSSR count). The van der Waals surface area contributed by atoms with Gasteiger partial charge < -0.3 is 14.7 Å². The predicted molar refractivity (Wildman–Crippen MR) is 88.0 cm³/mol. The number of hydrogen-bond donors (Lipinski definition) is 1. The zero-order valence-electron chi connectivity index (χ0n) is 13.8. The van der Waals surface area contributed by atoms with Gasteiger partial charge in [-0.05, 0) is 44.6 Å². The predicted octanol–water partition coefficient (Wildman–Crippen LogP) is 2.73. The number of carboxylic acid groups (broad SMARTS) is 1. The Morgan fingerprint density at radius 2 is 1.96 bits per heavy atom. The average Bonchev–Trinajstić information content (AvgIpc) is 2.62.